The molecule has 0 spiro atoms. The van der Waals surface area contributed by atoms with Crippen LogP contribution in [0.3, 0.4) is 0 Å². The van der Waals surface area contributed by atoms with E-state index in [4.69, 9.17) is 11.6 Å². The monoisotopic (exact) mass is 415 g/mol. The molecule has 1 aromatic heterocycles. The van der Waals surface area contributed by atoms with Crippen LogP contribution < -0.4 is 4.90 Å². The Bertz CT molecular complexity index is 808. The maximum Gasteiger partial charge on any atom is 0.244 e. The molecule has 0 unspecified atom stereocenters. The first-order chi connectivity index (χ1) is 11.0. The molecule has 2 aromatic rings. The molecule has 1 aliphatic heterocycles. The van der Waals surface area contributed by atoms with Crippen molar-refractivity contribution in [2.75, 3.05) is 31.1 Å². The quantitative estimate of drug-likeness (QED) is 0.772. The SMILES string of the molecule is O=S(=O)(c1ccccc1Br)N1CCN(c2ccncc2Cl)CC1. The zero-order valence-corrected chi connectivity index (χ0v) is 15.4. The fraction of sp³-hybridized carbons (Fsp3) is 0.267. The standard InChI is InChI=1S/C15H15BrClN3O2S/c16-12-3-1-2-4-15(12)23(21,22)20-9-7-19(8-10-20)14-5-6-18-11-13(14)17/h1-6,11H,7-10H2. The van der Waals surface area contributed by atoms with Gasteiger partial charge in [0.15, 0.2) is 0 Å². The summed E-state index contributed by atoms with van der Waals surface area (Å²) >= 11 is 9.47. The van der Waals surface area contributed by atoms with Gasteiger partial charge in [0.1, 0.15) is 0 Å². The van der Waals surface area contributed by atoms with E-state index < -0.39 is 10.0 Å². The van der Waals surface area contributed by atoms with Crippen LogP contribution in [0.4, 0.5) is 5.69 Å². The lowest BCUT2D eigenvalue weighted by molar-refractivity contribution is 0.384. The molecule has 3 rings (SSSR count). The first-order valence-corrected chi connectivity index (χ1v) is 9.70. The molecule has 1 aromatic carbocycles. The van der Waals surface area contributed by atoms with Crippen LogP contribution in [-0.4, -0.2) is 43.9 Å². The topological polar surface area (TPSA) is 53.5 Å². The van der Waals surface area contributed by atoms with E-state index in [0.29, 0.717) is 40.6 Å². The Balaban J connectivity index is 1.77. The van der Waals surface area contributed by atoms with E-state index in [9.17, 15) is 8.42 Å². The summed E-state index contributed by atoms with van der Waals surface area (Å²) in [7, 11) is -3.49. The van der Waals surface area contributed by atoms with Crippen LogP contribution in [0.2, 0.25) is 5.02 Å². The second-order valence-corrected chi connectivity index (χ2v) is 8.32. The average Bonchev–Trinajstić information content (AvgIpc) is 2.56. The Morgan fingerprint density at radius 1 is 1.09 bits per heavy atom. The molecule has 0 radical (unpaired) electrons. The molecular formula is C15H15BrClN3O2S. The van der Waals surface area contributed by atoms with E-state index in [1.165, 1.54) is 4.31 Å². The molecule has 1 fully saturated rings. The van der Waals surface area contributed by atoms with E-state index in [0.717, 1.165) is 5.69 Å². The molecule has 0 saturated carbocycles. The number of halogens is 2. The van der Waals surface area contributed by atoms with Crippen molar-refractivity contribution in [3.63, 3.8) is 0 Å². The lowest BCUT2D eigenvalue weighted by atomic mass is 10.3. The van der Waals surface area contributed by atoms with Crippen molar-refractivity contribution in [3.8, 4) is 0 Å². The fourth-order valence-electron chi connectivity index (χ4n) is 2.59. The first-order valence-electron chi connectivity index (χ1n) is 7.09. The van der Waals surface area contributed by atoms with E-state index in [-0.39, 0.29) is 0 Å². The third kappa shape index (κ3) is 3.38. The third-order valence-electron chi connectivity index (χ3n) is 3.78. The van der Waals surface area contributed by atoms with Crippen molar-refractivity contribution in [2.24, 2.45) is 0 Å². The van der Waals surface area contributed by atoms with Crippen LogP contribution in [0.5, 0.6) is 0 Å². The molecule has 0 bridgehead atoms. The van der Waals surface area contributed by atoms with Gasteiger partial charge in [0.2, 0.25) is 10.0 Å². The van der Waals surface area contributed by atoms with Crippen molar-refractivity contribution in [1.29, 1.82) is 0 Å². The Morgan fingerprint density at radius 3 is 2.43 bits per heavy atom. The van der Waals surface area contributed by atoms with Crippen molar-refractivity contribution in [1.82, 2.24) is 9.29 Å². The summed E-state index contributed by atoms with van der Waals surface area (Å²) in [5.41, 5.74) is 0.889. The van der Waals surface area contributed by atoms with Gasteiger partial charge in [-0.25, -0.2) is 8.42 Å². The highest BCUT2D eigenvalue weighted by Crippen LogP contribution is 2.28. The lowest BCUT2D eigenvalue weighted by Crippen LogP contribution is -2.48. The predicted molar refractivity (Wildman–Crippen MR) is 94.4 cm³/mol. The second kappa shape index (κ2) is 6.76. The van der Waals surface area contributed by atoms with Crippen molar-refractivity contribution in [2.45, 2.75) is 4.90 Å². The maximum absolute atomic E-state index is 12.8. The zero-order valence-electron chi connectivity index (χ0n) is 12.2. The van der Waals surface area contributed by atoms with Gasteiger partial charge in [-0.3, -0.25) is 4.98 Å². The van der Waals surface area contributed by atoms with Crippen LogP contribution in [0, 0.1) is 0 Å². The molecule has 1 aliphatic rings. The Morgan fingerprint density at radius 2 is 1.78 bits per heavy atom. The highest BCUT2D eigenvalue weighted by atomic mass is 79.9. The normalized spacial score (nSPS) is 16.5. The third-order valence-corrected chi connectivity index (χ3v) is 6.99. The minimum atomic E-state index is -3.49. The molecule has 23 heavy (non-hydrogen) atoms. The van der Waals surface area contributed by atoms with Crippen LogP contribution in [0.25, 0.3) is 0 Å². The van der Waals surface area contributed by atoms with Crippen LogP contribution in [0.1, 0.15) is 0 Å². The van der Waals surface area contributed by atoms with Gasteiger partial charge in [0.05, 0.1) is 15.6 Å². The summed E-state index contributed by atoms with van der Waals surface area (Å²) in [6.45, 7) is 2.02. The molecule has 0 aliphatic carbocycles. The molecular weight excluding hydrogens is 402 g/mol. The first kappa shape index (κ1) is 16.7. The minimum Gasteiger partial charge on any atom is -0.368 e. The summed E-state index contributed by atoms with van der Waals surface area (Å²) in [4.78, 5) is 6.35. The average molecular weight is 417 g/mol. The van der Waals surface area contributed by atoms with E-state index in [1.54, 1.807) is 36.7 Å². The van der Waals surface area contributed by atoms with Gasteiger partial charge in [-0.15, -0.1) is 0 Å². The summed E-state index contributed by atoms with van der Waals surface area (Å²) in [5.74, 6) is 0. The van der Waals surface area contributed by atoms with Gasteiger partial charge in [-0.05, 0) is 34.1 Å². The summed E-state index contributed by atoms with van der Waals surface area (Å²) < 4.78 is 27.6. The van der Waals surface area contributed by atoms with E-state index in [2.05, 4.69) is 25.8 Å². The number of hydrogen-bond acceptors (Lipinski definition) is 4. The largest absolute Gasteiger partial charge is 0.368 e. The van der Waals surface area contributed by atoms with Crippen molar-refractivity contribution < 1.29 is 8.42 Å². The van der Waals surface area contributed by atoms with Crippen molar-refractivity contribution >= 4 is 43.2 Å². The number of sulfonamides is 1. The number of piperazine rings is 1. The number of rotatable bonds is 3. The summed E-state index contributed by atoms with van der Waals surface area (Å²) in [5, 5.41) is 0.578. The fourth-order valence-corrected chi connectivity index (χ4v) is 5.21. The molecule has 5 nitrogen and oxygen atoms in total. The van der Waals surface area contributed by atoms with E-state index >= 15 is 0 Å². The van der Waals surface area contributed by atoms with Gasteiger partial charge in [0, 0.05) is 43.0 Å². The van der Waals surface area contributed by atoms with Gasteiger partial charge in [-0.1, -0.05) is 23.7 Å². The van der Waals surface area contributed by atoms with Crippen LogP contribution in [0.15, 0.2) is 52.1 Å². The van der Waals surface area contributed by atoms with Crippen LogP contribution in [-0.2, 0) is 10.0 Å². The minimum absolute atomic E-state index is 0.301. The van der Waals surface area contributed by atoms with Gasteiger partial charge < -0.3 is 4.90 Å². The van der Waals surface area contributed by atoms with E-state index in [1.807, 2.05) is 6.07 Å². The lowest BCUT2D eigenvalue weighted by Gasteiger charge is -2.35. The number of anilines is 1. The number of nitrogens with zero attached hydrogens (tertiary/aromatic N) is 3. The second-order valence-electron chi connectivity index (χ2n) is 5.15. The molecule has 1 saturated heterocycles. The Hall–Kier alpha value is -1.15. The smallest absolute Gasteiger partial charge is 0.244 e. The molecule has 122 valence electrons. The molecule has 2 heterocycles. The van der Waals surface area contributed by atoms with Crippen LogP contribution >= 0.6 is 27.5 Å². The summed E-state index contributed by atoms with van der Waals surface area (Å²) in [6, 6.07) is 8.72. The van der Waals surface area contributed by atoms with Gasteiger partial charge in [0.25, 0.3) is 0 Å². The summed E-state index contributed by atoms with van der Waals surface area (Å²) in [6.07, 6.45) is 3.28. The predicted octanol–water partition coefficient (Wildman–Crippen LogP) is 3.01. The Kier molecular flexibility index (Phi) is 4.91. The van der Waals surface area contributed by atoms with Crippen molar-refractivity contribution in [3.05, 3.63) is 52.2 Å². The van der Waals surface area contributed by atoms with Gasteiger partial charge >= 0.3 is 0 Å². The molecule has 8 heteroatoms. The zero-order chi connectivity index (χ0) is 16.4. The Labute approximate surface area is 149 Å². The number of aromatic nitrogens is 1. The van der Waals surface area contributed by atoms with Gasteiger partial charge in [-0.2, -0.15) is 4.31 Å². The molecule has 0 amide bonds. The highest BCUT2D eigenvalue weighted by molar-refractivity contribution is 9.10. The maximum atomic E-state index is 12.8. The number of hydrogen-bond donors (Lipinski definition) is 0. The molecule has 0 atom stereocenters. The number of pyridine rings is 1. The number of benzene rings is 1. The highest BCUT2D eigenvalue weighted by Gasteiger charge is 2.30. The molecule has 0 N–H and O–H groups in total.